The van der Waals surface area contributed by atoms with Crippen LogP contribution in [0.25, 0.3) is 0 Å². The summed E-state index contributed by atoms with van der Waals surface area (Å²) in [7, 11) is 0. The molecule has 1 aromatic heterocycles. The number of para-hydroxylation sites is 1. The fourth-order valence-electron chi connectivity index (χ4n) is 3.96. The van der Waals surface area contributed by atoms with Crippen molar-refractivity contribution in [2.24, 2.45) is 0 Å². The van der Waals surface area contributed by atoms with Gasteiger partial charge in [-0.15, -0.1) is 0 Å². The second-order valence-corrected chi connectivity index (χ2v) is 8.17. The number of aryl methyl sites for hydroxylation is 1. The summed E-state index contributed by atoms with van der Waals surface area (Å²) < 4.78 is 12.7. The Hall–Kier alpha value is -3.86. The van der Waals surface area contributed by atoms with Gasteiger partial charge in [0.2, 0.25) is 0 Å². The smallest absolute Gasteiger partial charge is 0.344 e. The summed E-state index contributed by atoms with van der Waals surface area (Å²) in [5.41, 5.74) is 3.70. The van der Waals surface area contributed by atoms with Gasteiger partial charge in [0.05, 0.1) is 12.8 Å². The fraction of sp³-hybridized carbons (Fsp3) is 0.241. The molecule has 0 saturated carbocycles. The minimum absolute atomic E-state index is 0.0654. The zero-order chi connectivity index (χ0) is 23.4. The van der Waals surface area contributed by atoms with E-state index in [1.54, 1.807) is 0 Å². The number of carbonyl (C=O) groups is 1. The molecule has 0 bridgehead atoms. The first-order valence-corrected chi connectivity index (χ1v) is 11.8. The summed E-state index contributed by atoms with van der Waals surface area (Å²) in [5.74, 6) is 0.488. The standard InChI is InChI=1S/C29H30N2O3/c32-28(23-34-27-17-9-3-10-18-27)33-20-12-4-11-19-31-22-26(21-30-31)29(24-13-5-1-6-14-24)25-15-7-2-8-16-25/h1-3,5-10,13-18,21-22,29H,4,11-12,19-20,23H2. The van der Waals surface area contributed by atoms with E-state index in [1.807, 2.05) is 53.3 Å². The zero-order valence-electron chi connectivity index (χ0n) is 19.3. The van der Waals surface area contributed by atoms with Crippen LogP contribution >= 0.6 is 0 Å². The number of unbranched alkanes of at least 4 members (excludes halogenated alkanes) is 2. The van der Waals surface area contributed by atoms with Gasteiger partial charge >= 0.3 is 5.97 Å². The Balaban J connectivity index is 1.21. The van der Waals surface area contributed by atoms with Crippen LogP contribution in [0.1, 0.15) is 41.9 Å². The van der Waals surface area contributed by atoms with Gasteiger partial charge in [0, 0.05) is 24.2 Å². The van der Waals surface area contributed by atoms with Crippen molar-refractivity contribution in [2.45, 2.75) is 31.7 Å². The van der Waals surface area contributed by atoms with E-state index >= 15 is 0 Å². The number of hydrogen-bond donors (Lipinski definition) is 0. The van der Waals surface area contributed by atoms with Crippen LogP contribution in [0, 0.1) is 0 Å². The Kier molecular flexibility index (Phi) is 8.50. The fourth-order valence-corrected chi connectivity index (χ4v) is 3.96. The third-order valence-electron chi connectivity index (χ3n) is 5.65. The van der Waals surface area contributed by atoms with Crippen molar-refractivity contribution in [3.8, 4) is 5.75 Å². The van der Waals surface area contributed by atoms with Crippen LogP contribution in [0.5, 0.6) is 5.75 Å². The molecule has 4 aromatic rings. The lowest BCUT2D eigenvalue weighted by Gasteiger charge is -2.16. The summed E-state index contributed by atoms with van der Waals surface area (Å²) in [4.78, 5) is 11.8. The Morgan fingerprint density at radius 2 is 1.38 bits per heavy atom. The van der Waals surface area contributed by atoms with E-state index in [4.69, 9.17) is 9.47 Å². The summed E-state index contributed by atoms with van der Waals surface area (Å²) in [6.07, 6.45) is 6.87. The lowest BCUT2D eigenvalue weighted by Crippen LogP contribution is -2.15. The molecule has 0 unspecified atom stereocenters. The van der Waals surface area contributed by atoms with Gasteiger partial charge in [0.1, 0.15) is 5.75 Å². The zero-order valence-corrected chi connectivity index (χ0v) is 19.3. The normalized spacial score (nSPS) is 10.9. The number of rotatable bonds is 12. The van der Waals surface area contributed by atoms with E-state index in [0.29, 0.717) is 12.4 Å². The van der Waals surface area contributed by atoms with Crippen LogP contribution in [0.3, 0.4) is 0 Å². The van der Waals surface area contributed by atoms with Crippen molar-refractivity contribution in [1.82, 2.24) is 9.78 Å². The van der Waals surface area contributed by atoms with Crippen molar-refractivity contribution in [1.29, 1.82) is 0 Å². The third kappa shape index (κ3) is 6.82. The number of carbonyl (C=O) groups excluding carboxylic acids is 1. The third-order valence-corrected chi connectivity index (χ3v) is 5.65. The van der Waals surface area contributed by atoms with Crippen LogP contribution in [0.15, 0.2) is 103 Å². The van der Waals surface area contributed by atoms with Crippen LogP contribution < -0.4 is 4.74 Å². The van der Waals surface area contributed by atoms with E-state index in [2.05, 4.69) is 59.8 Å². The van der Waals surface area contributed by atoms with Crippen molar-refractivity contribution >= 4 is 5.97 Å². The van der Waals surface area contributed by atoms with Crippen LogP contribution in [0.2, 0.25) is 0 Å². The van der Waals surface area contributed by atoms with Crippen LogP contribution in [-0.4, -0.2) is 29.0 Å². The minimum Gasteiger partial charge on any atom is -0.482 e. The van der Waals surface area contributed by atoms with Crippen molar-refractivity contribution in [3.63, 3.8) is 0 Å². The Morgan fingerprint density at radius 1 is 0.765 bits per heavy atom. The van der Waals surface area contributed by atoms with Crippen molar-refractivity contribution in [3.05, 3.63) is 120 Å². The van der Waals surface area contributed by atoms with Gasteiger partial charge in [-0.1, -0.05) is 78.9 Å². The molecule has 0 radical (unpaired) electrons. The number of hydrogen-bond acceptors (Lipinski definition) is 4. The van der Waals surface area contributed by atoms with Crippen molar-refractivity contribution < 1.29 is 14.3 Å². The number of benzene rings is 3. The molecule has 1 heterocycles. The van der Waals surface area contributed by atoms with E-state index < -0.39 is 0 Å². The Bertz CT molecular complexity index is 1090. The van der Waals surface area contributed by atoms with Crippen molar-refractivity contribution in [2.75, 3.05) is 13.2 Å². The van der Waals surface area contributed by atoms with E-state index in [1.165, 1.54) is 16.7 Å². The molecule has 5 nitrogen and oxygen atoms in total. The second-order valence-electron chi connectivity index (χ2n) is 8.17. The van der Waals surface area contributed by atoms with Gasteiger partial charge in [-0.25, -0.2) is 4.79 Å². The molecule has 3 aromatic carbocycles. The Morgan fingerprint density at radius 3 is 2.03 bits per heavy atom. The second kappa shape index (κ2) is 12.4. The average Bonchev–Trinajstić information content (AvgIpc) is 3.35. The first kappa shape index (κ1) is 23.3. The Labute approximate surface area is 201 Å². The summed E-state index contributed by atoms with van der Waals surface area (Å²) in [6.45, 7) is 1.18. The molecule has 0 saturated heterocycles. The maximum atomic E-state index is 11.8. The molecule has 5 heteroatoms. The highest BCUT2D eigenvalue weighted by molar-refractivity contribution is 5.71. The monoisotopic (exact) mass is 454 g/mol. The largest absolute Gasteiger partial charge is 0.482 e. The van der Waals surface area contributed by atoms with Gasteiger partial charge in [-0.3, -0.25) is 4.68 Å². The summed E-state index contributed by atoms with van der Waals surface area (Å²) >= 11 is 0. The maximum absolute atomic E-state index is 11.8. The lowest BCUT2D eigenvalue weighted by atomic mass is 9.87. The molecule has 0 aliphatic carbocycles. The molecular formula is C29H30N2O3. The van der Waals surface area contributed by atoms with Gasteiger partial charge in [0.25, 0.3) is 0 Å². The predicted molar refractivity (Wildman–Crippen MR) is 133 cm³/mol. The maximum Gasteiger partial charge on any atom is 0.344 e. The van der Waals surface area contributed by atoms with Crippen LogP contribution in [-0.2, 0) is 16.1 Å². The van der Waals surface area contributed by atoms with Gasteiger partial charge < -0.3 is 9.47 Å². The van der Waals surface area contributed by atoms with Gasteiger partial charge in [-0.2, -0.15) is 5.10 Å². The minimum atomic E-state index is -0.339. The highest BCUT2D eigenvalue weighted by Crippen LogP contribution is 2.31. The van der Waals surface area contributed by atoms with Crippen LogP contribution in [0.4, 0.5) is 0 Å². The highest BCUT2D eigenvalue weighted by atomic mass is 16.6. The van der Waals surface area contributed by atoms with E-state index in [0.717, 1.165) is 25.8 Å². The van der Waals surface area contributed by atoms with Gasteiger partial charge in [0.15, 0.2) is 6.61 Å². The number of esters is 1. The molecule has 0 atom stereocenters. The molecule has 0 aliphatic rings. The average molecular weight is 455 g/mol. The topological polar surface area (TPSA) is 53.4 Å². The SMILES string of the molecule is O=C(COc1ccccc1)OCCCCCn1cc(C(c2ccccc2)c2ccccc2)cn1. The van der Waals surface area contributed by atoms with Gasteiger partial charge in [-0.05, 0) is 42.5 Å². The molecule has 0 fully saturated rings. The molecule has 0 N–H and O–H groups in total. The number of aromatic nitrogens is 2. The summed E-state index contributed by atoms with van der Waals surface area (Å²) in [5, 5.41) is 4.60. The molecular weight excluding hydrogens is 424 g/mol. The molecule has 0 amide bonds. The van der Waals surface area contributed by atoms with E-state index in [9.17, 15) is 4.79 Å². The lowest BCUT2D eigenvalue weighted by molar-refractivity contribution is -0.146. The summed E-state index contributed by atoms with van der Waals surface area (Å²) in [6, 6.07) is 30.3. The number of nitrogens with zero attached hydrogens (tertiary/aromatic N) is 2. The quantitative estimate of drug-likeness (QED) is 0.199. The molecule has 174 valence electrons. The molecule has 0 aliphatic heterocycles. The predicted octanol–water partition coefficient (Wildman–Crippen LogP) is 5.86. The molecule has 4 rings (SSSR count). The number of ether oxygens (including phenoxy) is 2. The van der Waals surface area contributed by atoms with E-state index in [-0.39, 0.29) is 18.5 Å². The first-order chi connectivity index (χ1) is 16.8. The molecule has 0 spiro atoms. The first-order valence-electron chi connectivity index (χ1n) is 11.8. The molecule has 34 heavy (non-hydrogen) atoms. The highest BCUT2D eigenvalue weighted by Gasteiger charge is 2.18.